The van der Waals surface area contributed by atoms with E-state index < -0.39 is 5.54 Å². The summed E-state index contributed by atoms with van der Waals surface area (Å²) in [5.74, 6) is -0.115. The second-order valence-electron chi connectivity index (χ2n) is 3.86. The summed E-state index contributed by atoms with van der Waals surface area (Å²) in [6, 6.07) is 6.55. The van der Waals surface area contributed by atoms with Crippen LogP contribution in [-0.2, 0) is 0 Å². The van der Waals surface area contributed by atoms with Crippen LogP contribution in [0.15, 0.2) is 24.3 Å². The van der Waals surface area contributed by atoms with Crippen molar-refractivity contribution < 1.29 is 9.90 Å². The smallest absolute Gasteiger partial charge is 0.186 e. The zero-order chi connectivity index (χ0) is 10.2. The number of rotatable bonds is 2. The van der Waals surface area contributed by atoms with E-state index in [1.54, 1.807) is 18.2 Å². The molecule has 1 aliphatic carbocycles. The molecule has 1 aromatic rings. The van der Waals surface area contributed by atoms with Gasteiger partial charge in [-0.1, -0.05) is 12.1 Å². The van der Waals surface area contributed by atoms with Crippen LogP contribution in [0.4, 0.5) is 0 Å². The van der Waals surface area contributed by atoms with E-state index in [1.165, 1.54) is 6.07 Å². The van der Waals surface area contributed by atoms with Crippen molar-refractivity contribution in [2.45, 2.75) is 24.8 Å². The number of hydrogen-bond donors (Lipinski definition) is 2. The maximum atomic E-state index is 11.9. The lowest BCUT2D eigenvalue weighted by atomic mass is 9.72. The molecule has 1 saturated carbocycles. The monoisotopic (exact) mass is 191 g/mol. The fourth-order valence-electron chi connectivity index (χ4n) is 1.72. The molecule has 0 amide bonds. The van der Waals surface area contributed by atoms with E-state index in [1.807, 2.05) is 0 Å². The minimum absolute atomic E-state index is 0.0224. The van der Waals surface area contributed by atoms with Gasteiger partial charge >= 0.3 is 0 Å². The standard InChI is InChI=1S/C11H13NO2/c12-11(6-3-7-11)10(14)8-4-1-2-5-9(8)13/h1-2,4-5,13H,3,6-7,12H2. The van der Waals surface area contributed by atoms with Crippen LogP contribution >= 0.6 is 0 Å². The van der Waals surface area contributed by atoms with Crippen molar-refractivity contribution in [1.82, 2.24) is 0 Å². The third-order valence-electron chi connectivity index (χ3n) is 2.85. The second kappa shape index (κ2) is 3.10. The van der Waals surface area contributed by atoms with Gasteiger partial charge in [-0.15, -0.1) is 0 Å². The average Bonchev–Trinajstić information content (AvgIpc) is 2.14. The molecule has 0 heterocycles. The Morgan fingerprint density at radius 2 is 2.00 bits per heavy atom. The topological polar surface area (TPSA) is 63.3 Å². The molecule has 14 heavy (non-hydrogen) atoms. The highest BCUT2D eigenvalue weighted by Gasteiger charge is 2.41. The summed E-state index contributed by atoms with van der Waals surface area (Å²) in [4.78, 5) is 11.9. The summed E-state index contributed by atoms with van der Waals surface area (Å²) in [7, 11) is 0. The SMILES string of the molecule is NC1(C(=O)c2ccccc2O)CCC1. The number of carbonyl (C=O) groups excluding carboxylic acids is 1. The van der Waals surface area contributed by atoms with Crippen LogP contribution < -0.4 is 5.73 Å². The van der Waals surface area contributed by atoms with E-state index in [9.17, 15) is 9.90 Å². The van der Waals surface area contributed by atoms with Gasteiger partial charge < -0.3 is 10.8 Å². The van der Waals surface area contributed by atoms with E-state index in [0.29, 0.717) is 5.56 Å². The van der Waals surface area contributed by atoms with Gasteiger partial charge in [0.15, 0.2) is 5.78 Å². The molecule has 2 rings (SSSR count). The molecule has 1 aliphatic rings. The molecule has 0 atom stereocenters. The van der Waals surface area contributed by atoms with Crippen molar-refractivity contribution in [3.8, 4) is 5.75 Å². The number of hydrogen-bond acceptors (Lipinski definition) is 3. The van der Waals surface area contributed by atoms with Gasteiger partial charge in [0.25, 0.3) is 0 Å². The fraction of sp³-hybridized carbons (Fsp3) is 0.364. The van der Waals surface area contributed by atoms with Crippen LogP contribution in [0.25, 0.3) is 0 Å². The Kier molecular flexibility index (Phi) is 2.04. The number of Topliss-reactive ketones (excluding diaryl/α,β-unsaturated/α-hetero) is 1. The van der Waals surface area contributed by atoms with Crippen LogP contribution in [-0.4, -0.2) is 16.4 Å². The van der Waals surface area contributed by atoms with Crippen LogP contribution in [0, 0.1) is 0 Å². The Bertz CT molecular complexity index is 369. The van der Waals surface area contributed by atoms with E-state index >= 15 is 0 Å². The first kappa shape index (κ1) is 9.21. The number of phenols is 1. The molecular weight excluding hydrogens is 178 g/mol. The van der Waals surface area contributed by atoms with Gasteiger partial charge in [-0.05, 0) is 31.4 Å². The summed E-state index contributed by atoms with van der Waals surface area (Å²) >= 11 is 0. The largest absolute Gasteiger partial charge is 0.507 e. The molecule has 0 unspecified atom stereocenters. The lowest BCUT2D eigenvalue weighted by Crippen LogP contribution is -2.53. The number of ketones is 1. The van der Waals surface area contributed by atoms with Gasteiger partial charge in [0.2, 0.25) is 0 Å². The van der Waals surface area contributed by atoms with E-state index in [-0.39, 0.29) is 11.5 Å². The molecule has 0 aromatic heterocycles. The summed E-state index contributed by atoms with van der Waals surface area (Å²) in [5.41, 5.74) is 5.51. The van der Waals surface area contributed by atoms with E-state index in [0.717, 1.165) is 19.3 Å². The van der Waals surface area contributed by atoms with Crippen molar-refractivity contribution in [3.63, 3.8) is 0 Å². The van der Waals surface area contributed by atoms with Crippen LogP contribution in [0.2, 0.25) is 0 Å². The molecular formula is C11H13NO2. The van der Waals surface area contributed by atoms with Crippen LogP contribution in [0.1, 0.15) is 29.6 Å². The summed E-state index contributed by atoms with van der Waals surface area (Å²) in [6.45, 7) is 0. The van der Waals surface area contributed by atoms with Gasteiger partial charge in [-0.2, -0.15) is 0 Å². The number of phenolic OH excluding ortho intramolecular Hbond substituents is 1. The first-order valence-electron chi connectivity index (χ1n) is 4.75. The lowest BCUT2D eigenvalue weighted by Gasteiger charge is -2.36. The normalized spacial score (nSPS) is 18.6. The Balaban J connectivity index is 2.32. The maximum Gasteiger partial charge on any atom is 0.186 e. The van der Waals surface area contributed by atoms with E-state index in [4.69, 9.17) is 5.73 Å². The van der Waals surface area contributed by atoms with Crippen LogP contribution in [0.5, 0.6) is 5.75 Å². The molecule has 0 saturated heterocycles. The first-order valence-corrected chi connectivity index (χ1v) is 4.75. The van der Waals surface area contributed by atoms with Crippen LogP contribution in [0.3, 0.4) is 0 Å². The van der Waals surface area contributed by atoms with Crippen molar-refractivity contribution in [2.24, 2.45) is 5.73 Å². The predicted molar refractivity (Wildman–Crippen MR) is 53.2 cm³/mol. The van der Waals surface area contributed by atoms with Gasteiger partial charge in [-0.25, -0.2) is 0 Å². The lowest BCUT2D eigenvalue weighted by molar-refractivity contribution is 0.0798. The quantitative estimate of drug-likeness (QED) is 0.695. The predicted octanol–water partition coefficient (Wildman–Crippen LogP) is 1.46. The van der Waals surface area contributed by atoms with Crippen molar-refractivity contribution in [1.29, 1.82) is 0 Å². The van der Waals surface area contributed by atoms with Gasteiger partial charge in [-0.3, -0.25) is 4.79 Å². The molecule has 0 spiro atoms. The average molecular weight is 191 g/mol. The van der Waals surface area contributed by atoms with Gasteiger partial charge in [0.1, 0.15) is 5.75 Å². The zero-order valence-electron chi connectivity index (χ0n) is 7.86. The first-order chi connectivity index (χ1) is 6.63. The summed E-state index contributed by atoms with van der Waals surface area (Å²) in [5, 5.41) is 9.49. The highest BCUT2D eigenvalue weighted by molar-refractivity contribution is 6.05. The Labute approximate surface area is 82.5 Å². The van der Waals surface area contributed by atoms with Crippen molar-refractivity contribution >= 4 is 5.78 Å². The molecule has 0 aliphatic heterocycles. The fourth-order valence-corrected chi connectivity index (χ4v) is 1.72. The third-order valence-corrected chi connectivity index (χ3v) is 2.85. The Hall–Kier alpha value is -1.35. The zero-order valence-corrected chi connectivity index (χ0v) is 7.86. The summed E-state index contributed by atoms with van der Waals surface area (Å²) < 4.78 is 0. The molecule has 3 heteroatoms. The number of carbonyl (C=O) groups is 1. The number of aromatic hydroxyl groups is 1. The molecule has 3 N–H and O–H groups in total. The van der Waals surface area contributed by atoms with Gasteiger partial charge in [0.05, 0.1) is 11.1 Å². The molecule has 0 bridgehead atoms. The molecule has 1 aromatic carbocycles. The highest BCUT2D eigenvalue weighted by Crippen LogP contribution is 2.34. The van der Waals surface area contributed by atoms with Gasteiger partial charge in [0, 0.05) is 0 Å². The van der Waals surface area contributed by atoms with E-state index in [2.05, 4.69) is 0 Å². The Morgan fingerprint density at radius 1 is 1.36 bits per heavy atom. The minimum Gasteiger partial charge on any atom is -0.507 e. The third kappa shape index (κ3) is 1.30. The molecule has 74 valence electrons. The molecule has 0 radical (unpaired) electrons. The highest BCUT2D eigenvalue weighted by atomic mass is 16.3. The van der Waals surface area contributed by atoms with Crippen molar-refractivity contribution in [2.75, 3.05) is 0 Å². The minimum atomic E-state index is -0.723. The molecule has 3 nitrogen and oxygen atoms in total. The summed E-state index contributed by atoms with van der Waals surface area (Å²) in [6.07, 6.45) is 2.44. The van der Waals surface area contributed by atoms with Crippen molar-refractivity contribution in [3.05, 3.63) is 29.8 Å². The molecule has 1 fully saturated rings. The number of nitrogens with two attached hydrogens (primary N) is 1. The number of benzene rings is 1. The Morgan fingerprint density at radius 3 is 2.50 bits per heavy atom. The number of para-hydroxylation sites is 1. The maximum absolute atomic E-state index is 11.9. The second-order valence-corrected chi connectivity index (χ2v) is 3.86.